The van der Waals surface area contributed by atoms with Gasteiger partial charge in [0.05, 0.1) is 12.9 Å². The van der Waals surface area contributed by atoms with Crippen LogP contribution in [0.5, 0.6) is 0 Å². The molecule has 1 aromatic carbocycles. The van der Waals surface area contributed by atoms with Crippen molar-refractivity contribution >= 4 is 46.3 Å². The number of aromatic nitrogens is 3. The van der Waals surface area contributed by atoms with Gasteiger partial charge in [0.25, 0.3) is 11.5 Å². The number of carbonyl (C=O) groups excluding carboxylic acids is 2. The summed E-state index contributed by atoms with van der Waals surface area (Å²) in [5.41, 5.74) is 0.694. The van der Waals surface area contributed by atoms with Crippen molar-refractivity contribution in [3.8, 4) is 18.4 Å². The van der Waals surface area contributed by atoms with Gasteiger partial charge in [0.1, 0.15) is 21.8 Å². The third kappa shape index (κ3) is 5.79. The first-order chi connectivity index (χ1) is 16.5. The average molecular weight is 476 g/mol. The summed E-state index contributed by atoms with van der Waals surface area (Å²) in [4.78, 5) is 41.2. The molecule has 0 radical (unpaired) electrons. The van der Waals surface area contributed by atoms with E-state index in [9.17, 15) is 19.6 Å². The van der Waals surface area contributed by atoms with Crippen LogP contribution in [0.4, 0.5) is 11.4 Å². The fourth-order valence-corrected chi connectivity index (χ4v) is 4.08. The number of anilines is 2. The van der Waals surface area contributed by atoms with Gasteiger partial charge in [-0.05, 0) is 25.1 Å². The zero-order valence-corrected chi connectivity index (χ0v) is 19.1. The predicted octanol–water partition coefficient (Wildman–Crippen LogP) is 0.0387. The van der Waals surface area contributed by atoms with E-state index >= 15 is 0 Å². The van der Waals surface area contributed by atoms with Crippen LogP contribution in [0.1, 0.15) is 6.92 Å². The van der Waals surface area contributed by atoms with Crippen LogP contribution in [-0.2, 0) is 22.7 Å². The van der Waals surface area contributed by atoms with Gasteiger partial charge < -0.3 is 20.5 Å². The van der Waals surface area contributed by atoms with Gasteiger partial charge in [0, 0.05) is 36.5 Å². The van der Waals surface area contributed by atoms with Gasteiger partial charge in [0.2, 0.25) is 5.91 Å². The maximum atomic E-state index is 12.8. The molecule has 0 bridgehead atoms. The summed E-state index contributed by atoms with van der Waals surface area (Å²) in [6.07, 6.45) is 11.5. The molecule has 0 aliphatic rings. The average Bonchev–Trinajstić information content (AvgIpc) is 3.44. The Kier molecular flexibility index (Phi) is 8.00. The van der Waals surface area contributed by atoms with Gasteiger partial charge in [-0.2, -0.15) is 5.26 Å². The van der Waals surface area contributed by atoms with E-state index in [4.69, 9.17) is 6.42 Å². The molecule has 10 nitrogen and oxygen atoms in total. The highest BCUT2D eigenvalue weighted by atomic mass is 32.1. The number of amides is 2. The summed E-state index contributed by atoms with van der Waals surface area (Å²) >= 11 is 1.02. The van der Waals surface area contributed by atoms with E-state index in [1.807, 2.05) is 6.07 Å². The van der Waals surface area contributed by atoms with Gasteiger partial charge in [-0.3, -0.25) is 19.0 Å². The third-order valence-corrected chi connectivity index (χ3v) is 5.66. The molecule has 3 N–H and O–H groups in total. The molecular weight excluding hydrogens is 454 g/mol. The van der Waals surface area contributed by atoms with Crippen molar-refractivity contribution in [2.75, 3.05) is 17.2 Å². The Hall–Kier alpha value is -4.61. The Balaban J connectivity index is 1.85. The van der Waals surface area contributed by atoms with Crippen molar-refractivity contribution in [3.63, 3.8) is 0 Å². The lowest BCUT2D eigenvalue weighted by Gasteiger charge is -2.07. The number of hydrogen-bond donors (Lipinski definition) is 3. The number of benzene rings is 1. The molecule has 11 heteroatoms. The lowest BCUT2D eigenvalue weighted by molar-refractivity contribution is -0.117. The SMILES string of the molecule is C#CCNC(=O)C(C#N)=c1sc(=CNc2cccc(NC(=O)Cn3ccnc3)c2)c(=O)n1CC. The number of thiazole rings is 1. The zero-order chi connectivity index (χ0) is 24.5. The van der Waals surface area contributed by atoms with E-state index in [0.717, 1.165) is 11.3 Å². The molecule has 0 aliphatic carbocycles. The monoisotopic (exact) mass is 475 g/mol. The van der Waals surface area contributed by atoms with Crippen molar-refractivity contribution in [1.29, 1.82) is 5.26 Å². The summed E-state index contributed by atoms with van der Waals surface area (Å²) in [5.74, 6) is 1.42. The van der Waals surface area contributed by atoms with E-state index in [1.165, 1.54) is 10.8 Å². The first-order valence-corrected chi connectivity index (χ1v) is 11.0. The quantitative estimate of drug-likeness (QED) is 0.394. The highest BCUT2D eigenvalue weighted by molar-refractivity contribution is 7.07. The van der Waals surface area contributed by atoms with E-state index in [0.29, 0.717) is 15.9 Å². The van der Waals surface area contributed by atoms with Crippen LogP contribution >= 0.6 is 11.3 Å². The topological polar surface area (TPSA) is 134 Å². The number of hydrogen-bond acceptors (Lipinski definition) is 7. The fraction of sp³-hybridized carbons (Fsp3) is 0.174. The maximum Gasteiger partial charge on any atom is 0.270 e. The molecule has 0 atom stereocenters. The lowest BCUT2D eigenvalue weighted by Crippen LogP contribution is -2.34. The fourth-order valence-electron chi connectivity index (χ4n) is 2.99. The first-order valence-electron chi connectivity index (χ1n) is 10.1. The molecule has 3 rings (SSSR count). The molecule has 0 aliphatic heterocycles. The standard InChI is InChI=1S/C23H21N7O3S/c1-3-8-26-21(32)18(12-24)23-30(4-2)22(33)19(34-23)13-27-16-6-5-7-17(11-16)28-20(31)14-29-10-9-25-15-29/h1,5-7,9-11,13,15,27H,4,8,14H2,2H3,(H,26,32)(H,28,31). The van der Waals surface area contributed by atoms with E-state index in [2.05, 4.69) is 26.9 Å². The molecule has 0 spiro atoms. The molecule has 2 heterocycles. The third-order valence-electron chi connectivity index (χ3n) is 4.53. The number of terminal acetylenes is 1. The zero-order valence-electron chi connectivity index (χ0n) is 18.2. The molecule has 2 amide bonds. The number of nitriles is 1. The molecule has 0 unspecified atom stereocenters. The van der Waals surface area contributed by atoms with Gasteiger partial charge in [0.15, 0.2) is 5.57 Å². The van der Waals surface area contributed by atoms with Crippen molar-refractivity contribution in [2.45, 2.75) is 20.0 Å². The number of nitrogens with one attached hydrogen (secondary N) is 3. The Labute approximate surface area is 198 Å². The number of nitrogens with zero attached hydrogens (tertiary/aromatic N) is 4. The minimum Gasteiger partial charge on any atom is -0.360 e. The molecule has 172 valence electrons. The summed E-state index contributed by atoms with van der Waals surface area (Å²) < 4.78 is 3.57. The van der Waals surface area contributed by atoms with E-state index < -0.39 is 5.91 Å². The van der Waals surface area contributed by atoms with Crippen molar-refractivity contribution < 1.29 is 9.59 Å². The summed E-state index contributed by atoms with van der Waals surface area (Å²) in [6, 6.07) is 8.85. The molecule has 3 aromatic rings. The molecule has 2 aromatic heterocycles. The number of carbonyl (C=O) groups is 2. The second-order valence-electron chi connectivity index (χ2n) is 6.85. The normalized spacial score (nSPS) is 11.8. The Bertz CT molecular complexity index is 1450. The smallest absolute Gasteiger partial charge is 0.270 e. The molecular formula is C23H21N7O3S. The maximum absolute atomic E-state index is 12.8. The summed E-state index contributed by atoms with van der Waals surface area (Å²) in [5, 5.41) is 17.8. The summed E-state index contributed by atoms with van der Waals surface area (Å²) in [6.45, 7) is 2.14. The van der Waals surface area contributed by atoms with Gasteiger partial charge in [-0.1, -0.05) is 12.0 Å². The van der Waals surface area contributed by atoms with Crippen LogP contribution in [0.3, 0.4) is 0 Å². The van der Waals surface area contributed by atoms with E-state index in [1.54, 1.807) is 54.5 Å². The Morgan fingerprint density at radius 3 is 2.79 bits per heavy atom. The molecule has 0 fully saturated rings. The minimum absolute atomic E-state index is 0.0263. The van der Waals surface area contributed by atoms with E-state index in [-0.39, 0.29) is 41.3 Å². The van der Waals surface area contributed by atoms with Gasteiger partial charge in [-0.25, -0.2) is 4.98 Å². The van der Waals surface area contributed by atoms with Crippen LogP contribution in [0, 0.1) is 23.7 Å². The van der Waals surface area contributed by atoms with Crippen LogP contribution in [0.2, 0.25) is 0 Å². The first kappa shape index (κ1) is 24.0. The highest BCUT2D eigenvalue weighted by Gasteiger charge is 2.14. The van der Waals surface area contributed by atoms with Gasteiger partial charge >= 0.3 is 0 Å². The Morgan fingerprint density at radius 2 is 2.12 bits per heavy atom. The van der Waals surface area contributed by atoms with Crippen LogP contribution in [0.15, 0.2) is 47.8 Å². The van der Waals surface area contributed by atoms with Gasteiger partial charge in [-0.15, -0.1) is 17.8 Å². The predicted molar refractivity (Wildman–Crippen MR) is 130 cm³/mol. The second kappa shape index (κ2) is 11.3. The second-order valence-corrected chi connectivity index (χ2v) is 7.88. The van der Waals surface area contributed by atoms with Crippen LogP contribution in [0.25, 0.3) is 11.8 Å². The molecule has 0 saturated carbocycles. The molecule has 0 saturated heterocycles. The minimum atomic E-state index is -0.637. The number of imidazole rings is 1. The van der Waals surface area contributed by atoms with Crippen molar-refractivity contribution in [3.05, 3.63) is 62.5 Å². The van der Waals surface area contributed by atoms with Crippen molar-refractivity contribution in [1.82, 2.24) is 19.4 Å². The number of rotatable bonds is 8. The van der Waals surface area contributed by atoms with Crippen LogP contribution in [-0.4, -0.2) is 32.5 Å². The lowest BCUT2D eigenvalue weighted by atomic mass is 10.2. The Morgan fingerprint density at radius 1 is 1.32 bits per heavy atom. The van der Waals surface area contributed by atoms with Crippen molar-refractivity contribution in [2.24, 2.45) is 0 Å². The molecule has 34 heavy (non-hydrogen) atoms. The highest BCUT2D eigenvalue weighted by Crippen LogP contribution is 2.15. The largest absolute Gasteiger partial charge is 0.360 e. The summed E-state index contributed by atoms with van der Waals surface area (Å²) in [7, 11) is 0. The van der Waals surface area contributed by atoms with Crippen LogP contribution < -0.4 is 30.7 Å².